The first kappa shape index (κ1) is 13.9. The van der Waals surface area contributed by atoms with Gasteiger partial charge in [0.25, 0.3) is 0 Å². The highest BCUT2D eigenvalue weighted by Gasteiger charge is 2.24. The summed E-state index contributed by atoms with van der Waals surface area (Å²) in [7, 11) is 1.79. The lowest BCUT2D eigenvalue weighted by Gasteiger charge is -2.23. The number of nitrogens with one attached hydrogen (secondary N) is 1. The highest BCUT2D eigenvalue weighted by atomic mass is 16.5. The molecule has 0 aromatic rings. The van der Waals surface area contributed by atoms with Gasteiger partial charge in [0, 0.05) is 39.4 Å². The van der Waals surface area contributed by atoms with Gasteiger partial charge in [-0.2, -0.15) is 0 Å². The van der Waals surface area contributed by atoms with Crippen LogP contribution in [0.4, 0.5) is 0 Å². The first-order valence-electron chi connectivity index (χ1n) is 6.36. The van der Waals surface area contributed by atoms with Gasteiger partial charge in [-0.3, -0.25) is 4.90 Å². The molecule has 16 heavy (non-hydrogen) atoms. The molecule has 1 aliphatic rings. The number of ether oxygens (including phenoxy) is 2. The Kier molecular flexibility index (Phi) is 6.96. The Morgan fingerprint density at radius 3 is 2.75 bits per heavy atom. The maximum Gasteiger partial charge on any atom is 0.0711 e. The molecule has 2 unspecified atom stereocenters. The lowest BCUT2D eigenvalue weighted by Crippen LogP contribution is -2.39. The van der Waals surface area contributed by atoms with Crippen molar-refractivity contribution < 1.29 is 9.47 Å². The molecule has 1 N–H and O–H groups in total. The molecule has 0 aromatic carbocycles. The van der Waals surface area contributed by atoms with Crippen LogP contribution in [-0.2, 0) is 9.47 Å². The van der Waals surface area contributed by atoms with Crippen LogP contribution in [-0.4, -0.2) is 63.5 Å². The Balaban J connectivity index is 2.17. The molecule has 96 valence electrons. The number of hydrogen-bond acceptors (Lipinski definition) is 4. The van der Waals surface area contributed by atoms with Gasteiger partial charge in [-0.05, 0) is 19.9 Å². The fourth-order valence-electron chi connectivity index (χ4n) is 2.13. The van der Waals surface area contributed by atoms with Gasteiger partial charge in [0.05, 0.1) is 12.7 Å². The van der Waals surface area contributed by atoms with Gasteiger partial charge in [0.1, 0.15) is 0 Å². The third-order valence-corrected chi connectivity index (χ3v) is 3.20. The first-order valence-corrected chi connectivity index (χ1v) is 6.36. The average Bonchev–Trinajstić information content (AvgIpc) is 2.75. The fraction of sp³-hybridized carbons (Fsp3) is 1.00. The average molecular weight is 230 g/mol. The Morgan fingerprint density at radius 2 is 2.19 bits per heavy atom. The molecule has 0 radical (unpaired) electrons. The van der Waals surface area contributed by atoms with Crippen molar-refractivity contribution in [3.63, 3.8) is 0 Å². The van der Waals surface area contributed by atoms with E-state index in [2.05, 4.69) is 17.1 Å². The lowest BCUT2D eigenvalue weighted by molar-refractivity contribution is 0.105. The topological polar surface area (TPSA) is 33.7 Å². The number of nitrogens with zero attached hydrogens (tertiary/aromatic N) is 1. The van der Waals surface area contributed by atoms with Crippen molar-refractivity contribution in [2.24, 2.45) is 0 Å². The minimum absolute atomic E-state index is 0.399. The van der Waals surface area contributed by atoms with Gasteiger partial charge in [-0.1, -0.05) is 6.92 Å². The minimum atomic E-state index is 0.399. The molecule has 0 saturated carbocycles. The molecule has 1 fully saturated rings. The van der Waals surface area contributed by atoms with Gasteiger partial charge in [0.2, 0.25) is 0 Å². The smallest absolute Gasteiger partial charge is 0.0711 e. The van der Waals surface area contributed by atoms with Crippen LogP contribution in [0, 0.1) is 0 Å². The van der Waals surface area contributed by atoms with E-state index in [1.54, 1.807) is 7.11 Å². The Bertz CT molecular complexity index is 178. The second-order valence-electron chi connectivity index (χ2n) is 4.29. The standard InChI is InChI=1S/C12H26N2O2/c1-4-14(6-7-16-5-2)10-11-8-12(15-3)9-13-11/h11-13H,4-10H2,1-3H3. The maximum absolute atomic E-state index is 5.39. The molecule has 4 heteroatoms. The Morgan fingerprint density at radius 1 is 1.38 bits per heavy atom. The molecule has 0 bridgehead atoms. The summed E-state index contributed by atoms with van der Waals surface area (Å²) in [6.07, 6.45) is 1.53. The molecule has 1 heterocycles. The second kappa shape index (κ2) is 8.01. The molecule has 0 amide bonds. The second-order valence-corrected chi connectivity index (χ2v) is 4.29. The predicted molar refractivity (Wildman–Crippen MR) is 65.8 cm³/mol. The summed E-state index contributed by atoms with van der Waals surface area (Å²) in [6, 6.07) is 0.575. The normalized spacial score (nSPS) is 25.5. The van der Waals surface area contributed by atoms with Crippen LogP contribution >= 0.6 is 0 Å². The zero-order valence-corrected chi connectivity index (χ0v) is 10.9. The highest BCUT2D eigenvalue weighted by molar-refractivity contribution is 4.84. The summed E-state index contributed by atoms with van der Waals surface area (Å²) in [5, 5.41) is 3.51. The first-order chi connectivity index (χ1) is 7.80. The number of likely N-dealkylation sites (N-methyl/N-ethyl adjacent to an activating group) is 1. The molecule has 4 nitrogen and oxygen atoms in total. The van der Waals surface area contributed by atoms with Crippen LogP contribution in [0.2, 0.25) is 0 Å². The maximum atomic E-state index is 5.39. The quantitative estimate of drug-likeness (QED) is 0.623. The highest BCUT2D eigenvalue weighted by Crippen LogP contribution is 2.10. The van der Waals surface area contributed by atoms with E-state index in [-0.39, 0.29) is 0 Å². The number of methoxy groups -OCH3 is 1. The molecule has 1 aliphatic heterocycles. The third kappa shape index (κ3) is 4.78. The van der Waals surface area contributed by atoms with Crippen LogP contribution in [0.1, 0.15) is 20.3 Å². The Hall–Kier alpha value is -0.160. The summed E-state index contributed by atoms with van der Waals surface area (Å²) >= 11 is 0. The van der Waals surface area contributed by atoms with Gasteiger partial charge >= 0.3 is 0 Å². The molecular formula is C12H26N2O2. The van der Waals surface area contributed by atoms with E-state index < -0.39 is 0 Å². The van der Waals surface area contributed by atoms with E-state index in [4.69, 9.17) is 9.47 Å². The van der Waals surface area contributed by atoms with Crippen molar-refractivity contribution in [1.29, 1.82) is 0 Å². The molecule has 1 saturated heterocycles. The molecule has 2 atom stereocenters. The molecule has 1 rings (SSSR count). The third-order valence-electron chi connectivity index (χ3n) is 3.20. The van der Waals surface area contributed by atoms with Crippen molar-refractivity contribution in [3.05, 3.63) is 0 Å². The molecule has 0 aromatic heterocycles. The van der Waals surface area contributed by atoms with E-state index in [1.807, 2.05) is 6.92 Å². The molecule has 0 spiro atoms. The lowest BCUT2D eigenvalue weighted by atomic mass is 10.2. The molecule has 0 aliphatic carbocycles. The van der Waals surface area contributed by atoms with Crippen molar-refractivity contribution in [3.8, 4) is 0 Å². The number of hydrogen-bond donors (Lipinski definition) is 1. The van der Waals surface area contributed by atoms with Crippen molar-refractivity contribution >= 4 is 0 Å². The monoisotopic (exact) mass is 230 g/mol. The van der Waals surface area contributed by atoms with Crippen LogP contribution in [0.15, 0.2) is 0 Å². The fourth-order valence-corrected chi connectivity index (χ4v) is 2.13. The SMILES string of the molecule is CCOCCN(CC)CC1CC(OC)CN1. The zero-order valence-electron chi connectivity index (χ0n) is 10.9. The van der Waals surface area contributed by atoms with Crippen molar-refractivity contribution in [2.45, 2.75) is 32.4 Å². The van der Waals surface area contributed by atoms with E-state index in [1.165, 1.54) is 0 Å². The van der Waals surface area contributed by atoms with E-state index in [0.717, 1.165) is 45.8 Å². The number of rotatable bonds is 8. The predicted octanol–water partition coefficient (Wildman–Crippen LogP) is 0.722. The van der Waals surface area contributed by atoms with Crippen LogP contribution < -0.4 is 5.32 Å². The van der Waals surface area contributed by atoms with Crippen LogP contribution in [0.25, 0.3) is 0 Å². The zero-order chi connectivity index (χ0) is 11.8. The largest absolute Gasteiger partial charge is 0.380 e. The molecular weight excluding hydrogens is 204 g/mol. The van der Waals surface area contributed by atoms with Crippen molar-refractivity contribution in [2.75, 3.05) is 46.5 Å². The van der Waals surface area contributed by atoms with Gasteiger partial charge in [-0.25, -0.2) is 0 Å². The summed E-state index contributed by atoms with van der Waals surface area (Å²) in [4.78, 5) is 2.44. The summed E-state index contributed by atoms with van der Waals surface area (Å²) in [5.74, 6) is 0. The van der Waals surface area contributed by atoms with Gasteiger partial charge < -0.3 is 14.8 Å². The van der Waals surface area contributed by atoms with Crippen LogP contribution in [0.5, 0.6) is 0 Å². The minimum Gasteiger partial charge on any atom is -0.380 e. The van der Waals surface area contributed by atoms with Gasteiger partial charge in [0.15, 0.2) is 0 Å². The summed E-state index contributed by atoms with van der Waals surface area (Å²) in [5.41, 5.74) is 0. The van der Waals surface area contributed by atoms with Gasteiger partial charge in [-0.15, -0.1) is 0 Å². The Labute approximate surface area is 99.3 Å². The van der Waals surface area contributed by atoms with Crippen molar-refractivity contribution in [1.82, 2.24) is 10.2 Å². The summed E-state index contributed by atoms with van der Waals surface area (Å²) < 4.78 is 10.7. The van der Waals surface area contributed by atoms with E-state index >= 15 is 0 Å². The summed E-state index contributed by atoms with van der Waals surface area (Å²) in [6.45, 7) is 10.1. The van der Waals surface area contributed by atoms with E-state index in [0.29, 0.717) is 12.1 Å². The van der Waals surface area contributed by atoms with E-state index in [9.17, 15) is 0 Å². The van der Waals surface area contributed by atoms with Crippen LogP contribution in [0.3, 0.4) is 0 Å².